The number of rotatable bonds is 5. The quantitative estimate of drug-likeness (QED) is 0.865. The molecule has 0 bridgehead atoms. The van der Waals surface area contributed by atoms with Gasteiger partial charge in [0.25, 0.3) is 0 Å². The highest BCUT2D eigenvalue weighted by Gasteiger charge is 2.11. The Kier molecular flexibility index (Phi) is 3.74. The van der Waals surface area contributed by atoms with Crippen LogP contribution in [0.2, 0.25) is 0 Å². The predicted octanol–water partition coefficient (Wildman–Crippen LogP) is 3.29. The van der Waals surface area contributed by atoms with Crippen molar-refractivity contribution in [3.8, 4) is 0 Å². The summed E-state index contributed by atoms with van der Waals surface area (Å²) >= 11 is 1.69. The highest BCUT2D eigenvalue weighted by molar-refractivity contribution is 7.09. The van der Waals surface area contributed by atoms with E-state index in [1.54, 1.807) is 17.6 Å². The van der Waals surface area contributed by atoms with Crippen LogP contribution in [0.4, 0.5) is 0 Å². The van der Waals surface area contributed by atoms with E-state index < -0.39 is 0 Å². The lowest BCUT2D eigenvalue weighted by molar-refractivity contribution is 0.402. The van der Waals surface area contributed by atoms with Gasteiger partial charge in [0.2, 0.25) is 0 Å². The summed E-state index contributed by atoms with van der Waals surface area (Å²) in [6, 6.07) is 4.21. The highest BCUT2D eigenvalue weighted by Crippen LogP contribution is 2.17. The van der Waals surface area contributed by atoms with Gasteiger partial charge in [-0.1, -0.05) is 6.92 Å². The Morgan fingerprint density at radius 1 is 1.56 bits per heavy atom. The van der Waals surface area contributed by atoms with Gasteiger partial charge in [-0.2, -0.15) is 0 Å². The second-order valence-corrected chi connectivity index (χ2v) is 4.78. The summed E-state index contributed by atoms with van der Waals surface area (Å²) in [5.74, 6) is 0.995. The smallest absolute Gasteiger partial charge is 0.120 e. The Bertz CT molecular complexity index is 422. The standard InChI is InChI=1S/C12H16N2OS/c1-3-11(12-5-4-6-15-12)13-7-10-8-16-9(2)14-10/h4-6,8,11,13H,3,7H2,1-2H3. The van der Waals surface area contributed by atoms with Crippen LogP contribution in [0.15, 0.2) is 28.2 Å². The molecule has 0 amide bonds. The molecule has 4 heteroatoms. The maximum Gasteiger partial charge on any atom is 0.120 e. The van der Waals surface area contributed by atoms with Gasteiger partial charge < -0.3 is 9.73 Å². The summed E-state index contributed by atoms with van der Waals surface area (Å²) in [4.78, 5) is 4.42. The minimum Gasteiger partial charge on any atom is -0.468 e. The van der Waals surface area contributed by atoms with Crippen LogP contribution in [0, 0.1) is 6.92 Å². The van der Waals surface area contributed by atoms with Crippen molar-refractivity contribution in [2.75, 3.05) is 0 Å². The first-order valence-corrected chi connectivity index (χ1v) is 6.35. The normalized spacial score (nSPS) is 12.9. The Balaban J connectivity index is 1.93. The predicted molar refractivity (Wildman–Crippen MR) is 65.4 cm³/mol. The van der Waals surface area contributed by atoms with E-state index in [0.29, 0.717) is 0 Å². The van der Waals surface area contributed by atoms with Crippen LogP contribution >= 0.6 is 11.3 Å². The molecule has 0 aromatic carbocycles. The molecule has 86 valence electrons. The number of hydrogen-bond donors (Lipinski definition) is 1. The topological polar surface area (TPSA) is 38.1 Å². The van der Waals surface area contributed by atoms with Crippen molar-refractivity contribution < 1.29 is 4.42 Å². The van der Waals surface area contributed by atoms with Crippen LogP contribution in [-0.2, 0) is 6.54 Å². The molecule has 0 aliphatic heterocycles. The Morgan fingerprint density at radius 3 is 3.00 bits per heavy atom. The zero-order chi connectivity index (χ0) is 11.4. The molecule has 2 aromatic rings. The average Bonchev–Trinajstić information content (AvgIpc) is 2.91. The maximum absolute atomic E-state index is 5.40. The van der Waals surface area contributed by atoms with E-state index in [1.165, 1.54) is 0 Å². The lowest BCUT2D eigenvalue weighted by Crippen LogP contribution is -2.19. The molecular formula is C12H16N2OS. The van der Waals surface area contributed by atoms with Gasteiger partial charge in [0, 0.05) is 11.9 Å². The molecule has 1 unspecified atom stereocenters. The van der Waals surface area contributed by atoms with E-state index in [-0.39, 0.29) is 6.04 Å². The van der Waals surface area contributed by atoms with Crippen LogP contribution in [0.1, 0.15) is 35.8 Å². The van der Waals surface area contributed by atoms with Crippen molar-refractivity contribution >= 4 is 11.3 Å². The van der Waals surface area contributed by atoms with Crippen LogP contribution in [0.3, 0.4) is 0 Å². The largest absolute Gasteiger partial charge is 0.468 e. The van der Waals surface area contributed by atoms with Crippen molar-refractivity contribution in [2.45, 2.75) is 32.9 Å². The summed E-state index contributed by atoms with van der Waals surface area (Å²) in [7, 11) is 0. The second kappa shape index (κ2) is 5.27. The van der Waals surface area contributed by atoms with Gasteiger partial charge in [-0.3, -0.25) is 0 Å². The van der Waals surface area contributed by atoms with E-state index in [4.69, 9.17) is 4.42 Å². The molecule has 1 atom stereocenters. The first-order valence-electron chi connectivity index (χ1n) is 5.47. The van der Waals surface area contributed by atoms with Crippen molar-refractivity contribution in [2.24, 2.45) is 0 Å². The summed E-state index contributed by atoms with van der Waals surface area (Å²) in [5, 5.41) is 6.66. The van der Waals surface area contributed by atoms with Crippen molar-refractivity contribution in [1.82, 2.24) is 10.3 Å². The fourth-order valence-corrected chi connectivity index (χ4v) is 2.27. The molecular weight excluding hydrogens is 220 g/mol. The number of aryl methyl sites for hydroxylation is 1. The third-order valence-corrected chi connectivity index (χ3v) is 3.31. The molecule has 3 nitrogen and oxygen atoms in total. The van der Waals surface area contributed by atoms with Gasteiger partial charge >= 0.3 is 0 Å². The lowest BCUT2D eigenvalue weighted by atomic mass is 10.1. The van der Waals surface area contributed by atoms with Crippen molar-refractivity contribution in [3.05, 3.63) is 40.2 Å². The molecule has 1 N–H and O–H groups in total. The highest BCUT2D eigenvalue weighted by atomic mass is 32.1. The molecule has 0 aliphatic carbocycles. The molecule has 2 rings (SSSR count). The van der Waals surface area contributed by atoms with E-state index in [1.807, 2.05) is 19.1 Å². The fraction of sp³-hybridized carbons (Fsp3) is 0.417. The van der Waals surface area contributed by atoms with Crippen LogP contribution in [0.25, 0.3) is 0 Å². The average molecular weight is 236 g/mol. The zero-order valence-corrected chi connectivity index (χ0v) is 10.4. The molecule has 0 aliphatic rings. The first kappa shape index (κ1) is 11.4. The van der Waals surface area contributed by atoms with Gasteiger partial charge in [-0.15, -0.1) is 11.3 Å². The summed E-state index contributed by atoms with van der Waals surface area (Å²) in [6.07, 6.45) is 2.73. The number of aromatic nitrogens is 1. The molecule has 0 saturated carbocycles. The number of hydrogen-bond acceptors (Lipinski definition) is 4. The second-order valence-electron chi connectivity index (χ2n) is 3.72. The first-order chi connectivity index (χ1) is 7.79. The van der Waals surface area contributed by atoms with Crippen LogP contribution < -0.4 is 5.32 Å². The summed E-state index contributed by atoms with van der Waals surface area (Å²) in [5.41, 5.74) is 1.10. The third kappa shape index (κ3) is 2.71. The molecule has 0 radical (unpaired) electrons. The number of thiazole rings is 1. The van der Waals surface area contributed by atoms with E-state index in [9.17, 15) is 0 Å². The summed E-state index contributed by atoms with van der Waals surface area (Å²) < 4.78 is 5.40. The fourth-order valence-electron chi connectivity index (χ4n) is 1.65. The van der Waals surface area contributed by atoms with E-state index in [0.717, 1.165) is 29.4 Å². The van der Waals surface area contributed by atoms with Gasteiger partial charge in [0.1, 0.15) is 5.76 Å². The Morgan fingerprint density at radius 2 is 2.44 bits per heavy atom. The molecule has 0 saturated heterocycles. The minimum absolute atomic E-state index is 0.275. The van der Waals surface area contributed by atoms with Gasteiger partial charge in [0.05, 0.1) is 23.0 Å². The molecule has 0 spiro atoms. The molecule has 16 heavy (non-hydrogen) atoms. The molecule has 2 aromatic heterocycles. The van der Waals surface area contributed by atoms with E-state index in [2.05, 4.69) is 22.6 Å². The number of furan rings is 1. The SMILES string of the molecule is CCC(NCc1csc(C)n1)c1ccco1. The lowest BCUT2D eigenvalue weighted by Gasteiger charge is -2.13. The van der Waals surface area contributed by atoms with Crippen molar-refractivity contribution in [3.63, 3.8) is 0 Å². The monoisotopic (exact) mass is 236 g/mol. The van der Waals surface area contributed by atoms with Crippen molar-refractivity contribution in [1.29, 1.82) is 0 Å². The Hall–Kier alpha value is -1.13. The minimum atomic E-state index is 0.275. The maximum atomic E-state index is 5.40. The number of nitrogens with zero attached hydrogens (tertiary/aromatic N) is 1. The van der Waals surface area contributed by atoms with Crippen LogP contribution in [-0.4, -0.2) is 4.98 Å². The Labute approximate surface area is 99.5 Å². The van der Waals surface area contributed by atoms with E-state index >= 15 is 0 Å². The molecule has 2 heterocycles. The van der Waals surface area contributed by atoms with Gasteiger partial charge in [-0.25, -0.2) is 4.98 Å². The zero-order valence-electron chi connectivity index (χ0n) is 9.56. The van der Waals surface area contributed by atoms with Crippen LogP contribution in [0.5, 0.6) is 0 Å². The third-order valence-electron chi connectivity index (χ3n) is 2.49. The summed E-state index contributed by atoms with van der Waals surface area (Å²) in [6.45, 7) is 4.97. The van der Waals surface area contributed by atoms with Gasteiger partial charge in [0.15, 0.2) is 0 Å². The van der Waals surface area contributed by atoms with Gasteiger partial charge in [-0.05, 0) is 25.5 Å². The number of nitrogens with one attached hydrogen (secondary N) is 1. The molecule has 0 fully saturated rings.